The van der Waals surface area contributed by atoms with Crippen LogP contribution in [0.4, 0.5) is 111 Å². The van der Waals surface area contributed by atoms with E-state index >= 15 is 0 Å². The number of imidazole rings is 1. The van der Waals surface area contributed by atoms with E-state index in [-0.39, 0.29) is 70.8 Å². The Labute approximate surface area is 689 Å². The number of hydrogen-bond donors (Lipinski definition) is 0. The Morgan fingerprint density at radius 3 is 1.46 bits per heavy atom. The molecule has 0 saturated heterocycles. The maximum Gasteiger partial charge on any atom is 0.417 e. The van der Waals surface area contributed by atoms with Gasteiger partial charge in [0, 0.05) is 79.3 Å². The highest BCUT2D eigenvalue weighted by Crippen LogP contribution is 2.72. The summed E-state index contributed by atoms with van der Waals surface area (Å²) in [6.45, 7) is 4.51. The number of anilines is 8. The van der Waals surface area contributed by atoms with Crippen molar-refractivity contribution in [1.82, 2.24) is 19.0 Å². The van der Waals surface area contributed by atoms with Gasteiger partial charge in [-0.25, -0.2) is 4.98 Å². The quantitative estimate of drug-likeness (QED) is 0.0997. The first-order chi connectivity index (χ1) is 58.0. The maximum absolute atomic E-state index is 14.1. The molecule has 12 aliphatic rings. The van der Waals surface area contributed by atoms with Gasteiger partial charge in [0.05, 0.1) is 79.0 Å². The number of rotatable bonds is 10. The summed E-state index contributed by atoms with van der Waals surface area (Å²) >= 11 is 0. The summed E-state index contributed by atoms with van der Waals surface area (Å²) in [5.41, 5.74) is -0.0817. The van der Waals surface area contributed by atoms with E-state index in [0.717, 1.165) is 105 Å². The van der Waals surface area contributed by atoms with E-state index in [0.29, 0.717) is 60.2 Å². The van der Waals surface area contributed by atoms with Crippen molar-refractivity contribution in [2.45, 2.75) is 160 Å². The van der Waals surface area contributed by atoms with Crippen molar-refractivity contribution in [2.75, 3.05) is 14.7 Å². The molecule has 620 valence electrons. The number of imide groups is 1. The van der Waals surface area contributed by atoms with Gasteiger partial charge in [-0.1, -0.05) is 135 Å². The molecule has 6 bridgehead atoms. The third kappa shape index (κ3) is 12.1. The molecule has 9 saturated carbocycles. The van der Waals surface area contributed by atoms with Gasteiger partial charge in [-0.15, -0.1) is 0 Å². The van der Waals surface area contributed by atoms with E-state index < -0.39 is 75.1 Å². The molecule has 5 heterocycles. The Kier molecular flexibility index (Phi) is 17.2. The van der Waals surface area contributed by atoms with Gasteiger partial charge in [-0.05, 0) is 231 Å². The SMILES string of the molecule is CC1(C)c2ccccc2N(c2ccc3c(c2)c2ccccc2n3C23CCC(c4ccc(C(F)(F)F)c(C(F)(F)F)c4)(C2)C3)c2ccccc21.FC(F)(F)c1cc(C23CCC(N4c5ccccc5Oc5cc(N(c6ccccc6)c6ccccc6)ccc54)(C2)C3)cc(C(F)(F)F)c1C(F)(F)F.O=C1C=CC(=O)N1C12CCC(n3cnc4ccccc43)(C1)C2. The number of ether oxygens (including phenoxy) is 1. The second-order valence-electron chi connectivity index (χ2n) is 34.8. The lowest BCUT2D eigenvalue weighted by Crippen LogP contribution is -2.60. The fraction of sp³-hybridized carbons (Fsp3) is 0.268. The van der Waals surface area contributed by atoms with Crippen molar-refractivity contribution >= 4 is 90.2 Å². The summed E-state index contributed by atoms with van der Waals surface area (Å²) in [6, 6.07) is 75.4. The summed E-state index contributed by atoms with van der Waals surface area (Å²) < 4.78 is 219. The van der Waals surface area contributed by atoms with Crippen LogP contribution in [0.2, 0.25) is 0 Å². The zero-order chi connectivity index (χ0) is 85.1. The Bertz CT molecular complexity index is 6340. The standard InChI is InChI=1S/C41H32F6N2.C39H27F9N2O.C17H15N3O2/c1-37(2)30-10-4-7-13-35(30)48(36-14-8-5-11-31(36)37)26-16-18-34-28(22-26)27-9-3-6-12-33(27)49(34)39-20-19-38(23-39,24-39)25-15-17-29(40(42,43)44)32(21-25)41(45,46)47;40-37(41,42)28-19-24(20-29(38(43,44)45)34(28)39(46,47)48)35-17-18-36(22-35,23-35)50-30-13-7-8-14-32(30)51-33-21-27(15-16-31(33)50)49(25-9-3-1-4-10-25)26-11-5-2-6-12-26;21-14-5-6-15(22)20(14)17-8-7-16(9-17,10-17)19-11-18-12-3-1-2-4-13(12)19/h3-18,21-22H,19-20,23-24H2,1-2H3;1-16,19-21H,17-18,22-23H2;1-6,11H,7-10H2. The number of carbonyl (C=O) groups is 2. The number of aromatic nitrogens is 3. The topological polar surface area (TPSA) is 79.1 Å². The third-order valence-electron chi connectivity index (χ3n) is 27.6. The molecule has 122 heavy (non-hydrogen) atoms. The fourth-order valence-corrected chi connectivity index (χ4v) is 22.7. The number of nitrogens with zero attached hydrogens (tertiary/aromatic N) is 7. The van der Waals surface area contributed by atoms with E-state index in [1.807, 2.05) is 126 Å². The van der Waals surface area contributed by atoms with Crippen molar-refractivity contribution < 1.29 is 80.2 Å². The molecule has 9 fully saturated rings. The Balaban J connectivity index is 0.000000125. The van der Waals surface area contributed by atoms with Gasteiger partial charge in [-0.2, -0.15) is 65.9 Å². The molecule has 10 nitrogen and oxygen atoms in total. The van der Waals surface area contributed by atoms with Gasteiger partial charge in [0.1, 0.15) is 0 Å². The van der Waals surface area contributed by atoms with Crippen molar-refractivity contribution in [3.8, 4) is 11.5 Å². The third-order valence-corrected chi connectivity index (χ3v) is 27.6. The van der Waals surface area contributed by atoms with E-state index in [9.17, 15) is 75.4 Å². The zero-order valence-electron chi connectivity index (χ0n) is 65.4. The van der Waals surface area contributed by atoms with Gasteiger partial charge in [0.25, 0.3) is 11.8 Å². The van der Waals surface area contributed by atoms with E-state index in [1.165, 1.54) is 34.2 Å². The van der Waals surface area contributed by atoms with Crippen molar-refractivity contribution in [3.05, 3.63) is 317 Å². The predicted molar refractivity (Wildman–Crippen MR) is 435 cm³/mol. The van der Waals surface area contributed by atoms with E-state index in [2.05, 4.69) is 123 Å². The number of para-hydroxylation sites is 9. The molecule has 13 aromatic rings. The van der Waals surface area contributed by atoms with Crippen molar-refractivity contribution in [1.29, 1.82) is 0 Å². The molecular weight excluding hydrogens is 1600 g/mol. The summed E-state index contributed by atoms with van der Waals surface area (Å²) in [6.07, 6.45) is -15.8. The van der Waals surface area contributed by atoms with Crippen LogP contribution in [0.15, 0.2) is 267 Å². The Hall–Kier alpha value is -12.3. The van der Waals surface area contributed by atoms with Crippen LogP contribution in [0.25, 0.3) is 32.8 Å². The highest BCUT2D eigenvalue weighted by atomic mass is 19.4. The summed E-state index contributed by atoms with van der Waals surface area (Å²) in [5.74, 6) is 0.696. The van der Waals surface area contributed by atoms with Crippen LogP contribution in [0, 0.1) is 0 Å². The number of carbonyl (C=O) groups excluding carboxylic acids is 2. The van der Waals surface area contributed by atoms with Crippen LogP contribution in [-0.2, 0) is 67.8 Å². The molecule has 2 aromatic heterocycles. The van der Waals surface area contributed by atoms with Crippen LogP contribution in [0.3, 0.4) is 0 Å². The molecule has 0 unspecified atom stereocenters. The second kappa shape index (κ2) is 26.9. The molecule has 9 aliphatic carbocycles. The number of hydrogen-bond acceptors (Lipinski definition) is 7. The smallest absolute Gasteiger partial charge is 0.417 e. The van der Waals surface area contributed by atoms with Crippen LogP contribution >= 0.6 is 0 Å². The van der Waals surface area contributed by atoms with Crippen LogP contribution < -0.4 is 19.4 Å². The van der Waals surface area contributed by atoms with Gasteiger partial charge < -0.3 is 28.6 Å². The minimum atomic E-state index is -5.87. The van der Waals surface area contributed by atoms with Crippen LogP contribution in [-0.4, -0.2) is 41.9 Å². The summed E-state index contributed by atoms with van der Waals surface area (Å²) in [5, 5.41) is 2.17. The first-order valence-corrected chi connectivity index (χ1v) is 40.3. The molecule has 0 atom stereocenters. The highest BCUT2D eigenvalue weighted by molar-refractivity contribution is 6.14. The van der Waals surface area contributed by atoms with Crippen LogP contribution in [0.5, 0.6) is 11.5 Å². The van der Waals surface area contributed by atoms with Crippen molar-refractivity contribution in [2.24, 2.45) is 0 Å². The molecule has 0 N–H and O–H groups in total. The van der Waals surface area contributed by atoms with Gasteiger partial charge in [0.2, 0.25) is 0 Å². The van der Waals surface area contributed by atoms with Gasteiger partial charge >= 0.3 is 30.9 Å². The Morgan fingerprint density at radius 2 is 0.852 bits per heavy atom. The lowest BCUT2D eigenvalue weighted by Gasteiger charge is -2.55. The molecule has 2 amide bonds. The number of fused-ring (bicyclic) bond motifs is 11. The van der Waals surface area contributed by atoms with E-state index in [1.54, 1.807) is 18.2 Å². The summed E-state index contributed by atoms with van der Waals surface area (Å²) in [7, 11) is 0. The average Bonchev–Trinajstić information content (AvgIpc) is 1.51. The monoisotopic (exact) mass is 1670 g/mol. The fourth-order valence-electron chi connectivity index (χ4n) is 22.7. The Morgan fingerprint density at radius 1 is 0.369 bits per heavy atom. The molecule has 0 radical (unpaired) electrons. The molecule has 0 spiro atoms. The second-order valence-corrected chi connectivity index (χ2v) is 34.8. The number of alkyl halides is 15. The van der Waals surface area contributed by atoms with Crippen molar-refractivity contribution in [3.63, 3.8) is 0 Å². The average molecular weight is 1670 g/mol. The van der Waals surface area contributed by atoms with Crippen LogP contribution in [0.1, 0.15) is 141 Å². The number of halogens is 15. The molecule has 25 heteroatoms. The van der Waals surface area contributed by atoms with E-state index in [4.69, 9.17) is 4.74 Å². The zero-order valence-corrected chi connectivity index (χ0v) is 65.4. The number of benzene rings is 11. The minimum Gasteiger partial charge on any atom is -0.453 e. The maximum atomic E-state index is 14.1. The van der Waals surface area contributed by atoms with Gasteiger partial charge in [-0.3, -0.25) is 14.5 Å². The lowest BCUT2D eigenvalue weighted by molar-refractivity contribution is -0.174. The molecular formula is C97H74F15N7O3. The summed E-state index contributed by atoms with van der Waals surface area (Å²) in [4.78, 5) is 36.4. The first kappa shape index (κ1) is 78.3. The highest BCUT2D eigenvalue weighted by Gasteiger charge is 2.69. The molecule has 25 rings (SSSR count). The predicted octanol–water partition coefficient (Wildman–Crippen LogP) is 26.9. The molecule has 3 aliphatic heterocycles. The number of amides is 2. The first-order valence-electron chi connectivity index (χ1n) is 40.3. The normalized spacial score (nSPS) is 23.8. The minimum absolute atomic E-state index is 0.0131. The lowest BCUT2D eigenvalue weighted by atomic mass is 9.60. The van der Waals surface area contributed by atoms with Gasteiger partial charge in [0.15, 0.2) is 11.5 Å². The largest absolute Gasteiger partial charge is 0.453 e. The molecule has 11 aromatic carbocycles.